The molecule has 4 aromatic rings. The van der Waals surface area contributed by atoms with E-state index in [1.54, 1.807) is 11.3 Å². The first-order chi connectivity index (χ1) is 16.1. The molecule has 0 spiro atoms. The van der Waals surface area contributed by atoms with Gasteiger partial charge in [0.2, 0.25) is 5.91 Å². The molecule has 0 saturated carbocycles. The number of rotatable bonds is 9. The van der Waals surface area contributed by atoms with Crippen molar-refractivity contribution in [1.82, 2.24) is 9.88 Å². The predicted molar refractivity (Wildman–Crippen MR) is 143 cm³/mol. The van der Waals surface area contributed by atoms with Crippen LogP contribution in [0.15, 0.2) is 77.3 Å². The Labute approximate surface area is 208 Å². The van der Waals surface area contributed by atoms with Gasteiger partial charge in [-0.05, 0) is 48.0 Å². The summed E-state index contributed by atoms with van der Waals surface area (Å²) in [5.74, 6) is 0.0766. The first kappa shape index (κ1) is 23.6. The van der Waals surface area contributed by atoms with Crippen molar-refractivity contribution in [3.63, 3.8) is 0 Å². The molecule has 0 fully saturated rings. The molecule has 0 radical (unpaired) electrons. The zero-order chi connectivity index (χ0) is 23.2. The summed E-state index contributed by atoms with van der Waals surface area (Å²) in [4.78, 5) is 22.4. The molecule has 0 bridgehead atoms. The Balaban J connectivity index is 1.55. The molecule has 0 N–H and O–H groups in total. The van der Waals surface area contributed by atoms with Gasteiger partial charge in [-0.2, -0.15) is 0 Å². The molecule has 6 heteroatoms. The van der Waals surface area contributed by atoms with E-state index in [2.05, 4.69) is 77.1 Å². The summed E-state index contributed by atoms with van der Waals surface area (Å²) >= 11 is 5.11. The highest BCUT2D eigenvalue weighted by molar-refractivity contribution is 9.10. The molecule has 1 amide bonds. The van der Waals surface area contributed by atoms with Crippen LogP contribution in [0.3, 0.4) is 0 Å². The van der Waals surface area contributed by atoms with Gasteiger partial charge < -0.3 is 4.90 Å². The Bertz CT molecular complexity index is 1200. The fourth-order valence-electron chi connectivity index (χ4n) is 3.83. The zero-order valence-electron chi connectivity index (χ0n) is 19.0. The minimum absolute atomic E-state index is 0.0766. The summed E-state index contributed by atoms with van der Waals surface area (Å²) in [6.07, 6.45) is 0.354. The molecule has 0 aliphatic carbocycles. The van der Waals surface area contributed by atoms with E-state index in [9.17, 15) is 4.79 Å². The number of amides is 1. The van der Waals surface area contributed by atoms with Gasteiger partial charge in [-0.25, -0.2) is 4.98 Å². The summed E-state index contributed by atoms with van der Waals surface area (Å²) in [5.41, 5.74) is 4.27. The molecule has 4 nitrogen and oxygen atoms in total. The van der Waals surface area contributed by atoms with Crippen molar-refractivity contribution < 1.29 is 4.79 Å². The number of carbonyl (C=O) groups is 1. The van der Waals surface area contributed by atoms with Crippen molar-refractivity contribution in [2.24, 2.45) is 0 Å². The highest BCUT2D eigenvalue weighted by Gasteiger charge is 2.21. The third-order valence-corrected chi connectivity index (χ3v) is 7.36. The third-order valence-electron chi connectivity index (χ3n) is 5.82. The van der Waals surface area contributed by atoms with Crippen LogP contribution in [0.5, 0.6) is 0 Å². The van der Waals surface area contributed by atoms with Crippen LogP contribution in [0, 0.1) is 0 Å². The van der Waals surface area contributed by atoms with Crippen molar-refractivity contribution in [3.05, 3.63) is 82.8 Å². The van der Waals surface area contributed by atoms with Gasteiger partial charge in [0.1, 0.15) is 0 Å². The van der Waals surface area contributed by atoms with Crippen molar-refractivity contribution >= 4 is 48.5 Å². The molecule has 4 rings (SSSR count). The number of fused-ring (bicyclic) bond motifs is 1. The van der Waals surface area contributed by atoms with Crippen LogP contribution in [0.25, 0.3) is 21.3 Å². The molecule has 1 aromatic heterocycles. The van der Waals surface area contributed by atoms with E-state index < -0.39 is 0 Å². The minimum Gasteiger partial charge on any atom is -0.302 e. The molecule has 0 saturated heterocycles. The lowest BCUT2D eigenvalue weighted by Gasteiger charge is -2.24. The SMILES string of the molecule is CCN(CC)CCN(C(=O)Cc1ccc(-c2ccccc2)cc1)c1nc2ccc(Br)cc2s1. The van der Waals surface area contributed by atoms with E-state index in [0.29, 0.717) is 13.0 Å². The molecule has 1 heterocycles. The van der Waals surface area contributed by atoms with Crippen molar-refractivity contribution in [1.29, 1.82) is 0 Å². The number of hydrogen-bond donors (Lipinski definition) is 0. The van der Waals surface area contributed by atoms with Crippen molar-refractivity contribution in [2.45, 2.75) is 20.3 Å². The third kappa shape index (κ3) is 5.88. The normalized spacial score (nSPS) is 11.3. The zero-order valence-corrected chi connectivity index (χ0v) is 21.4. The number of nitrogens with zero attached hydrogens (tertiary/aromatic N) is 3. The molecular formula is C27H28BrN3OS. The van der Waals surface area contributed by atoms with Gasteiger partial charge in [-0.15, -0.1) is 0 Å². The number of halogens is 1. The summed E-state index contributed by atoms with van der Waals surface area (Å²) in [6, 6.07) is 24.6. The van der Waals surface area contributed by atoms with E-state index in [1.165, 1.54) is 5.56 Å². The Hall–Kier alpha value is -2.54. The number of benzene rings is 3. The van der Waals surface area contributed by atoms with E-state index in [4.69, 9.17) is 4.98 Å². The lowest BCUT2D eigenvalue weighted by molar-refractivity contribution is -0.118. The molecule has 0 unspecified atom stereocenters. The Morgan fingerprint density at radius 1 is 0.909 bits per heavy atom. The first-order valence-electron chi connectivity index (χ1n) is 11.3. The smallest absolute Gasteiger partial charge is 0.233 e. The number of carbonyl (C=O) groups excluding carboxylic acids is 1. The van der Waals surface area contributed by atoms with Gasteiger partial charge in [0.25, 0.3) is 0 Å². The highest BCUT2D eigenvalue weighted by atomic mass is 79.9. The summed E-state index contributed by atoms with van der Waals surface area (Å²) in [5, 5.41) is 0.765. The van der Waals surface area contributed by atoms with Crippen LogP contribution < -0.4 is 4.90 Å². The maximum absolute atomic E-state index is 13.5. The minimum atomic E-state index is 0.0766. The highest BCUT2D eigenvalue weighted by Crippen LogP contribution is 2.31. The van der Waals surface area contributed by atoms with E-state index >= 15 is 0 Å². The second kappa shape index (κ2) is 11.1. The number of likely N-dealkylation sites (N-methyl/N-ethyl adjacent to an activating group) is 1. The Morgan fingerprint density at radius 2 is 1.61 bits per heavy atom. The summed E-state index contributed by atoms with van der Waals surface area (Å²) in [6.45, 7) is 7.69. The average Bonchev–Trinajstić information content (AvgIpc) is 3.25. The maximum atomic E-state index is 13.5. The van der Waals surface area contributed by atoms with Crippen molar-refractivity contribution in [2.75, 3.05) is 31.1 Å². The Morgan fingerprint density at radius 3 is 2.30 bits per heavy atom. The largest absolute Gasteiger partial charge is 0.302 e. The fraction of sp³-hybridized carbons (Fsp3) is 0.259. The summed E-state index contributed by atoms with van der Waals surface area (Å²) in [7, 11) is 0. The van der Waals surface area contributed by atoms with Crippen LogP contribution >= 0.6 is 27.3 Å². The van der Waals surface area contributed by atoms with Gasteiger partial charge in [0.15, 0.2) is 5.13 Å². The van der Waals surface area contributed by atoms with Gasteiger partial charge in [0.05, 0.1) is 16.6 Å². The Kier molecular flexibility index (Phi) is 7.91. The lowest BCUT2D eigenvalue weighted by Crippen LogP contribution is -2.39. The number of hydrogen-bond acceptors (Lipinski definition) is 4. The van der Waals surface area contributed by atoms with E-state index in [0.717, 1.165) is 50.6 Å². The van der Waals surface area contributed by atoms with Gasteiger partial charge >= 0.3 is 0 Å². The second-order valence-electron chi connectivity index (χ2n) is 7.92. The average molecular weight is 523 g/mol. The quantitative estimate of drug-likeness (QED) is 0.247. The molecule has 0 aliphatic heterocycles. The maximum Gasteiger partial charge on any atom is 0.233 e. The monoisotopic (exact) mass is 521 g/mol. The van der Waals surface area contributed by atoms with Crippen LogP contribution in [0.2, 0.25) is 0 Å². The van der Waals surface area contributed by atoms with Crippen LogP contribution in [-0.2, 0) is 11.2 Å². The number of anilines is 1. The van der Waals surface area contributed by atoms with Gasteiger partial charge in [-0.1, -0.05) is 95.7 Å². The fourth-order valence-corrected chi connectivity index (χ4v) is 5.39. The van der Waals surface area contributed by atoms with E-state index in [-0.39, 0.29) is 5.91 Å². The van der Waals surface area contributed by atoms with Crippen LogP contribution in [-0.4, -0.2) is 42.0 Å². The standard InChI is InChI=1S/C27H28BrN3OS/c1-3-30(4-2)16-17-31(27-29-24-15-14-23(28)19-25(24)33-27)26(32)18-20-10-12-22(13-11-20)21-8-6-5-7-9-21/h5-15,19H,3-4,16-18H2,1-2H3. The van der Waals surface area contributed by atoms with Gasteiger partial charge in [-0.3, -0.25) is 9.69 Å². The lowest BCUT2D eigenvalue weighted by atomic mass is 10.0. The topological polar surface area (TPSA) is 36.4 Å². The first-order valence-corrected chi connectivity index (χ1v) is 12.9. The summed E-state index contributed by atoms with van der Waals surface area (Å²) < 4.78 is 2.09. The number of aromatic nitrogens is 1. The van der Waals surface area contributed by atoms with Gasteiger partial charge in [0, 0.05) is 17.6 Å². The van der Waals surface area contributed by atoms with Crippen molar-refractivity contribution in [3.8, 4) is 11.1 Å². The second-order valence-corrected chi connectivity index (χ2v) is 9.85. The molecular weight excluding hydrogens is 494 g/mol. The van der Waals surface area contributed by atoms with Crippen LogP contribution in [0.1, 0.15) is 19.4 Å². The molecule has 0 atom stereocenters. The number of thiazole rings is 1. The van der Waals surface area contributed by atoms with E-state index in [1.807, 2.05) is 35.2 Å². The molecule has 0 aliphatic rings. The molecule has 3 aromatic carbocycles. The predicted octanol–water partition coefficient (Wildman–Crippen LogP) is 6.64. The molecule has 33 heavy (non-hydrogen) atoms. The molecule has 170 valence electrons. The van der Waals surface area contributed by atoms with Crippen LogP contribution in [0.4, 0.5) is 5.13 Å².